The van der Waals surface area contributed by atoms with Gasteiger partial charge in [-0.25, -0.2) is 13.9 Å². The maximum absolute atomic E-state index is 10.9. The molecule has 0 unspecified atom stereocenters. The van der Waals surface area contributed by atoms with Crippen molar-refractivity contribution in [2.45, 2.75) is 39.3 Å². The van der Waals surface area contributed by atoms with Crippen molar-refractivity contribution in [3.63, 3.8) is 0 Å². The Labute approximate surface area is 119 Å². The number of hydrogen-bond acceptors (Lipinski definition) is 1. The van der Waals surface area contributed by atoms with E-state index in [1.165, 1.54) is 5.56 Å². The second kappa shape index (κ2) is 6.89. The van der Waals surface area contributed by atoms with E-state index in [0.717, 1.165) is 31.6 Å². The SMILES string of the molecule is CCCCc1n(CC(=O)O)cc[n+]1Cc1ccccc1. The van der Waals surface area contributed by atoms with E-state index >= 15 is 0 Å². The van der Waals surface area contributed by atoms with Gasteiger partial charge in [0.1, 0.15) is 18.9 Å². The van der Waals surface area contributed by atoms with Crippen LogP contribution in [0, 0.1) is 0 Å². The van der Waals surface area contributed by atoms with E-state index in [2.05, 4.69) is 23.6 Å². The highest BCUT2D eigenvalue weighted by Crippen LogP contribution is 2.05. The summed E-state index contributed by atoms with van der Waals surface area (Å²) in [6, 6.07) is 10.2. The first-order chi connectivity index (χ1) is 9.70. The Bertz CT molecular complexity index is 561. The third-order valence-corrected chi connectivity index (χ3v) is 3.34. The zero-order chi connectivity index (χ0) is 14.4. The van der Waals surface area contributed by atoms with E-state index in [9.17, 15) is 4.79 Å². The van der Waals surface area contributed by atoms with Gasteiger partial charge in [-0.15, -0.1) is 0 Å². The van der Waals surface area contributed by atoms with E-state index in [4.69, 9.17) is 5.11 Å². The molecule has 0 atom stereocenters. The van der Waals surface area contributed by atoms with Crippen LogP contribution in [0.25, 0.3) is 0 Å². The van der Waals surface area contributed by atoms with Crippen LogP contribution < -0.4 is 4.57 Å². The molecule has 20 heavy (non-hydrogen) atoms. The maximum atomic E-state index is 10.9. The predicted octanol–water partition coefficient (Wildman–Crippen LogP) is 2.25. The molecule has 0 fully saturated rings. The van der Waals surface area contributed by atoms with Gasteiger partial charge in [0.2, 0.25) is 0 Å². The van der Waals surface area contributed by atoms with Crippen molar-refractivity contribution in [1.29, 1.82) is 0 Å². The number of nitrogens with zero attached hydrogens (tertiary/aromatic N) is 2. The molecule has 0 radical (unpaired) electrons. The van der Waals surface area contributed by atoms with Gasteiger partial charge in [0.15, 0.2) is 6.54 Å². The van der Waals surface area contributed by atoms with Gasteiger partial charge in [-0.05, 0) is 12.0 Å². The topological polar surface area (TPSA) is 46.1 Å². The summed E-state index contributed by atoms with van der Waals surface area (Å²) < 4.78 is 3.98. The fourth-order valence-electron chi connectivity index (χ4n) is 2.33. The van der Waals surface area contributed by atoms with Gasteiger partial charge in [-0.2, -0.15) is 0 Å². The first kappa shape index (κ1) is 14.3. The van der Waals surface area contributed by atoms with Crippen molar-refractivity contribution in [3.05, 3.63) is 54.1 Å². The van der Waals surface area contributed by atoms with Crippen LogP contribution in [0.1, 0.15) is 31.2 Å². The number of carboxylic acid groups (broad SMARTS) is 1. The molecular formula is C16H21N2O2+. The van der Waals surface area contributed by atoms with Crippen molar-refractivity contribution in [1.82, 2.24) is 4.57 Å². The highest BCUT2D eigenvalue weighted by atomic mass is 16.4. The second-order valence-corrected chi connectivity index (χ2v) is 4.95. The van der Waals surface area contributed by atoms with Crippen LogP contribution in [-0.2, 0) is 24.3 Å². The molecule has 0 saturated carbocycles. The Morgan fingerprint density at radius 3 is 2.70 bits per heavy atom. The number of carbonyl (C=O) groups is 1. The largest absolute Gasteiger partial charge is 0.478 e. The van der Waals surface area contributed by atoms with Crippen molar-refractivity contribution in [2.75, 3.05) is 0 Å². The Hall–Kier alpha value is -2.10. The van der Waals surface area contributed by atoms with Gasteiger partial charge < -0.3 is 5.11 Å². The Kier molecular flexibility index (Phi) is 4.93. The molecule has 4 heteroatoms. The van der Waals surface area contributed by atoms with Crippen molar-refractivity contribution in [3.8, 4) is 0 Å². The van der Waals surface area contributed by atoms with Gasteiger partial charge in [0.25, 0.3) is 5.82 Å². The summed E-state index contributed by atoms with van der Waals surface area (Å²) in [6.07, 6.45) is 6.91. The molecule has 4 nitrogen and oxygen atoms in total. The standard InChI is InChI=1S/C16H20N2O2/c1-2-3-9-15-17(10-11-18(15)13-16(19)20)12-14-7-5-4-6-8-14/h4-8,10-11H,2-3,9,12-13H2,1H3/p+1. The van der Waals surface area contributed by atoms with Crippen LogP contribution in [0.5, 0.6) is 0 Å². The molecule has 0 aliphatic rings. The molecule has 0 bridgehead atoms. The van der Waals surface area contributed by atoms with Crippen LogP contribution in [0.15, 0.2) is 42.7 Å². The second-order valence-electron chi connectivity index (χ2n) is 4.95. The van der Waals surface area contributed by atoms with E-state index in [1.54, 1.807) is 0 Å². The van der Waals surface area contributed by atoms with E-state index in [0.29, 0.717) is 0 Å². The molecule has 0 aliphatic heterocycles. The lowest BCUT2D eigenvalue weighted by molar-refractivity contribution is -0.695. The third-order valence-electron chi connectivity index (χ3n) is 3.34. The summed E-state index contributed by atoms with van der Waals surface area (Å²) in [6.45, 7) is 2.96. The lowest BCUT2D eigenvalue weighted by Crippen LogP contribution is -2.38. The van der Waals surface area contributed by atoms with E-state index < -0.39 is 5.97 Å². The van der Waals surface area contributed by atoms with Gasteiger partial charge in [0.05, 0.1) is 0 Å². The number of aliphatic carboxylic acids is 1. The maximum Gasteiger partial charge on any atom is 0.346 e. The summed E-state index contributed by atoms with van der Waals surface area (Å²) in [5.74, 6) is 0.281. The summed E-state index contributed by atoms with van der Waals surface area (Å²) in [5, 5.41) is 8.99. The molecule has 1 aromatic carbocycles. The third kappa shape index (κ3) is 3.70. The number of carboxylic acids is 1. The monoisotopic (exact) mass is 273 g/mol. The Morgan fingerprint density at radius 1 is 1.30 bits per heavy atom. The number of benzene rings is 1. The highest BCUT2D eigenvalue weighted by Gasteiger charge is 2.18. The normalized spacial score (nSPS) is 10.7. The number of aromatic nitrogens is 2. The molecular weight excluding hydrogens is 252 g/mol. The summed E-state index contributed by atoms with van der Waals surface area (Å²) >= 11 is 0. The molecule has 2 rings (SSSR count). The fraction of sp³-hybridized carbons (Fsp3) is 0.375. The molecule has 0 aliphatic carbocycles. The van der Waals surface area contributed by atoms with Gasteiger partial charge in [-0.3, -0.25) is 0 Å². The van der Waals surface area contributed by atoms with Gasteiger partial charge >= 0.3 is 5.97 Å². The number of unbranched alkanes of at least 4 members (excludes halogenated alkanes) is 1. The predicted molar refractivity (Wildman–Crippen MR) is 76.4 cm³/mol. The molecule has 1 N–H and O–H groups in total. The van der Waals surface area contributed by atoms with Gasteiger partial charge in [-0.1, -0.05) is 43.7 Å². The first-order valence-corrected chi connectivity index (χ1v) is 7.04. The van der Waals surface area contributed by atoms with Crippen molar-refractivity contribution < 1.29 is 14.5 Å². The molecule has 0 saturated heterocycles. The minimum absolute atomic E-state index is 0.0286. The zero-order valence-electron chi connectivity index (χ0n) is 11.8. The number of rotatable bonds is 7. The van der Waals surface area contributed by atoms with Crippen LogP contribution in [0.2, 0.25) is 0 Å². The molecule has 2 aromatic rings. The average molecular weight is 273 g/mol. The Balaban J connectivity index is 2.22. The minimum atomic E-state index is -0.801. The molecule has 106 valence electrons. The van der Waals surface area contributed by atoms with Crippen LogP contribution >= 0.6 is 0 Å². The molecule has 0 spiro atoms. The van der Waals surface area contributed by atoms with Crippen molar-refractivity contribution >= 4 is 5.97 Å². The van der Waals surface area contributed by atoms with Crippen molar-refractivity contribution in [2.24, 2.45) is 0 Å². The Morgan fingerprint density at radius 2 is 2.05 bits per heavy atom. The fourth-order valence-corrected chi connectivity index (χ4v) is 2.33. The van der Waals surface area contributed by atoms with Crippen LogP contribution in [-0.4, -0.2) is 15.6 Å². The quantitative estimate of drug-likeness (QED) is 0.786. The number of hydrogen-bond donors (Lipinski definition) is 1. The smallest absolute Gasteiger partial charge is 0.346 e. The summed E-state index contributed by atoms with van der Waals surface area (Å²) in [7, 11) is 0. The molecule has 1 aromatic heterocycles. The lowest BCUT2D eigenvalue weighted by Gasteiger charge is -2.04. The number of imidazole rings is 1. The van der Waals surface area contributed by atoms with Gasteiger partial charge in [0, 0.05) is 6.42 Å². The highest BCUT2D eigenvalue weighted by molar-refractivity contribution is 5.66. The van der Waals surface area contributed by atoms with E-state index in [-0.39, 0.29) is 6.54 Å². The minimum Gasteiger partial charge on any atom is -0.478 e. The first-order valence-electron chi connectivity index (χ1n) is 7.04. The van der Waals surface area contributed by atoms with E-state index in [1.807, 2.05) is 35.2 Å². The summed E-state index contributed by atoms with van der Waals surface area (Å²) in [4.78, 5) is 10.9. The molecule has 0 amide bonds. The molecule has 1 heterocycles. The summed E-state index contributed by atoms with van der Waals surface area (Å²) in [5.41, 5.74) is 1.23. The van der Waals surface area contributed by atoms with Crippen LogP contribution in [0.3, 0.4) is 0 Å². The lowest BCUT2D eigenvalue weighted by atomic mass is 10.2. The zero-order valence-corrected chi connectivity index (χ0v) is 11.8. The average Bonchev–Trinajstić information content (AvgIpc) is 2.79. The van der Waals surface area contributed by atoms with Crippen LogP contribution in [0.4, 0.5) is 0 Å².